The molecule has 0 radical (unpaired) electrons. The van der Waals surface area contributed by atoms with Gasteiger partial charge in [0.25, 0.3) is 0 Å². The molecule has 0 saturated carbocycles. The van der Waals surface area contributed by atoms with Crippen LogP contribution < -0.4 is 0 Å². The quantitative estimate of drug-likeness (QED) is 0.289. The van der Waals surface area contributed by atoms with Gasteiger partial charge >= 0.3 is 23.9 Å². The first-order valence-electron chi connectivity index (χ1n) is 12.3. The van der Waals surface area contributed by atoms with E-state index in [1.165, 1.54) is 0 Å². The second-order valence-electron chi connectivity index (χ2n) is 10.2. The zero-order valence-electron chi connectivity index (χ0n) is 24.3. The molecular weight excluding hydrogens is 484 g/mol. The van der Waals surface area contributed by atoms with Crippen LogP contribution in [0.2, 0.25) is 0 Å². The maximum absolute atomic E-state index is 11.5. The highest BCUT2D eigenvalue weighted by Crippen LogP contribution is 2.11. The fourth-order valence-electron chi connectivity index (χ4n) is 1.51. The van der Waals surface area contributed by atoms with Gasteiger partial charge in [-0.1, -0.05) is 90.5 Å². The van der Waals surface area contributed by atoms with Crippen molar-refractivity contribution < 1.29 is 49.1 Å². The molecule has 0 aromatic carbocycles. The zero-order valence-corrected chi connectivity index (χ0v) is 24.3. The molecule has 0 aromatic heterocycles. The SMILES string of the molecule is C.CC(C)C(=O)O.CC(C)C(=O)OCC(O)C(C)C.CC(C)C(=O)OCC(OC(=O)C(C)C)C(C)C.O. The van der Waals surface area contributed by atoms with Gasteiger partial charge in [0.05, 0.1) is 29.8 Å². The van der Waals surface area contributed by atoms with Gasteiger partial charge in [0.1, 0.15) is 19.3 Å². The molecule has 2 unspecified atom stereocenters. The van der Waals surface area contributed by atoms with E-state index in [4.69, 9.17) is 19.3 Å². The van der Waals surface area contributed by atoms with E-state index in [0.29, 0.717) is 0 Å². The summed E-state index contributed by atoms with van der Waals surface area (Å²) in [5.41, 5.74) is 0. The van der Waals surface area contributed by atoms with Gasteiger partial charge in [-0.25, -0.2) is 0 Å². The summed E-state index contributed by atoms with van der Waals surface area (Å²) in [6.45, 7) is 21.8. The molecule has 0 spiro atoms. The summed E-state index contributed by atoms with van der Waals surface area (Å²) < 4.78 is 15.2. The number of carboxylic acids is 1. The third kappa shape index (κ3) is 26.7. The van der Waals surface area contributed by atoms with E-state index in [0.717, 1.165) is 0 Å². The molecule has 0 amide bonds. The zero-order chi connectivity index (χ0) is 28.5. The van der Waals surface area contributed by atoms with Crippen LogP contribution in [0.15, 0.2) is 0 Å². The Morgan fingerprint density at radius 1 is 0.595 bits per heavy atom. The Labute approximate surface area is 224 Å². The highest BCUT2D eigenvalue weighted by Gasteiger charge is 2.22. The smallest absolute Gasteiger partial charge is 0.308 e. The van der Waals surface area contributed by atoms with Gasteiger partial charge in [-0.3, -0.25) is 19.2 Å². The van der Waals surface area contributed by atoms with Crippen molar-refractivity contribution in [1.82, 2.24) is 0 Å². The van der Waals surface area contributed by atoms with Crippen molar-refractivity contribution in [3.63, 3.8) is 0 Å². The number of ether oxygens (including phenoxy) is 3. The lowest BCUT2D eigenvalue weighted by atomic mass is 10.1. The van der Waals surface area contributed by atoms with Gasteiger partial charge < -0.3 is 29.9 Å². The minimum absolute atomic E-state index is 0. The number of aliphatic hydroxyl groups is 1. The van der Waals surface area contributed by atoms with Gasteiger partial charge in [0.15, 0.2) is 0 Å². The van der Waals surface area contributed by atoms with E-state index < -0.39 is 12.1 Å². The number of aliphatic carboxylic acids is 1. The number of rotatable bonds is 11. The second kappa shape index (κ2) is 24.2. The maximum Gasteiger partial charge on any atom is 0.308 e. The van der Waals surface area contributed by atoms with E-state index in [1.807, 2.05) is 27.7 Å². The molecule has 2 atom stereocenters. The predicted octanol–water partition coefficient (Wildman–Crippen LogP) is 4.15. The summed E-state index contributed by atoms with van der Waals surface area (Å²) in [5.74, 6) is -1.96. The van der Waals surface area contributed by atoms with Crippen molar-refractivity contribution in [2.24, 2.45) is 35.5 Å². The Balaban J connectivity index is -0.000000149. The Kier molecular flexibility index (Phi) is 29.2. The Morgan fingerprint density at radius 2 is 0.919 bits per heavy atom. The van der Waals surface area contributed by atoms with E-state index in [-0.39, 0.29) is 85.6 Å². The summed E-state index contributed by atoms with van der Waals surface area (Å²) in [6.07, 6.45) is -0.916. The second-order valence-corrected chi connectivity index (χ2v) is 10.2. The maximum atomic E-state index is 11.5. The molecule has 0 bridgehead atoms. The van der Waals surface area contributed by atoms with Crippen molar-refractivity contribution in [3.8, 4) is 0 Å². The molecule has 10 heteroatoms. The molecule has 0 rings (SSSR count). The standard InChI is InChI=1S/C13H24O4.C9H18O3.C4H8O2.CH4.H2O/c1-8(2)11(17-13(15)10(5)6)7-16-12(14)9(3)4;1-6(2)8(10)5-12-9(11)7(3)4;1-3(2)4(5)6;;/h8-11H,7H2,1-6H3;6-8,10H,5H2,1-4H3;3H,1-2H3,(H,5,6);1H4;1H2. The predicted molar refractivity (Wildman–Crippen MR) is 145 cm³/mol. The van der Waals surface area contributed by atoms with Gasteiger partial charge in [-0.05, 0) is 11.8 Å². The van der Waals surface area contributed by atoms with Crippen LogP contribution >= 0.6 is 0 Å². The molecule has 0 aliphatic rings. The minimum atomic E-state index is -0.741. The number of hydrogen-bond acceptors (Lipinski definition) is 8. The molecule has 0 fully saturated rings. The minimum Gasteiger partial charge on any atom is -0.481 e. The van der Waals surface area contributed by atoms with Crippen LogP contribution in [0.4, 0.5) is 0 Å². The summed E-state index contributed by atoms with van der Waals surface area (Å²) in [4.78, 5) is 43.4. The number of carbonyl (C=O) groups excluding carboxylic acids is 3. The number of carboxylic acid groups (broad SMARTS) is 1. The van der Waals surface area contributed by atoms with Gasteiger partial charge in [-0.2, -0.15) is 0 Å². The average Bonchev–Trinajstić information content (AvgIpc) is 2.74. The molecule has 0 saturated heterocycles. The summed E-state index contributed by atoms with van der Waals surface area (Å²) >= 11 is 0. The van der Waals surface area contributed by atoms with E-state index >= 15 is 0 Å². The molecule has 0 aliphatic heterocycles. The van der Waals surface area contributed by atoms with Crippen LogP contribution in [-0.4, -0.2) is 65.0 Å². The van der Waals surface area contributed by atoms with E-state index in [1.54, 1.807) is 55.4 Å². The van der Waals surface area contributed by atoms with Gasteiger partial charge in [0, 0.05) is 0 Å². The van der Waals surface area contributed by atoms with Gasteiger partial charge in [-0.15, -0.1) is 0 Å². The highest BCUT2D eigenvalue weighted by molar-refractivity contribution is 5.72. The Bertz CT molecular complexity index is 610. The topological polar surface area (TPSA) is 168 Å². The number of hydrogen-bond donors (Lipinski definition) is 2. The summed E-state index contributed by atoms with van der Waals surface area (Å²) in [5, 5.41) is 17.3. The number of carbonyl (C=O) groups is 4. The largest absolute Gasteiger partial charge is 0.481 e. The molecule has 0 aliphatic carbocycles. The molecule has 10 nitrogen and oxygen atoms in total. The van der Waals surface area contributed by atoms with Crippen molar-refractivity contribution in [1.29, 1.82) is 0 Å². The van der Waals surface area contributed by atoms with Crippen molar-refractivity contribution in [2.45, 2.75) is 103 Å². The monoisotopic (exact) mass is 540 g/mol. The molecule has 224 valence electrons. The molecule has 4 N–H and O–H groups in total. The summed E-state index contributed by atoms with van der Waals surface area (Å²) in [7, 11) is 0. The van der Waals surface area contributed by atoms with Crippen LogP contribution in [0.1, 0.15) is 90.5 Å². The normalized spacial score (nSPS) is 11.9. The molecular formula is C27H56O10. The van der Waals surface area contributed by atoms with Crippen molar-refractivity contribution in [3.05, 3.63) is 0 Å². The van der Waals surface area contributed by atoms with E-state index in [2.05, 4.69) is 0 Å². The Hall–Kier alpha value is -2.20. The first kappa shape index (κ1) is 44.8. The third-order valence-corrected chi connectivity index (χ3v) is 4.47. The van der Waals surface area contributed by atoms with Crippen LogP contribution in [0.25, 0.3) is 0 Å². The van der Waals surface area contributed by atoms with Crippen LogP contribution in [0.5, 0.6) is 0 Å². The third-order valence-electron chi connectivity index (χ3n) is 4.47. The fraction of sp³-hybridized carbons (Fsp3) is 0.852. The Morgan fingerprint density at radius 3 is 1.16 bits per heavy atom. The molecule has 0 heterocycles. The molecule has 0 aromatic rings. The molecule has 37 heavy (non-hydrogen) atoms. The first-order valence-corrected chi connectivity index (χ1v) is 12.3. The van der Waals surface area contributed by atoms with Crippen LogP contribution in [0, 0.1) is 35.5 Å². The van der Waals surface area contributed by atoms with Crippen LogP contribution in [0.3, 0.4) is 0 Å². The average molecular weight is 541 g/mol. The number of esters is 3. The summed E-state index contributed by atoms with van der Waals surface area (Å²) in [6, 6.07) is 0. The number of aliphatic hydroxyl groups excluding tert-OH is 1. The fourth-order valence-corrected chi connectivity index (χ4v) is 1.51. The highest BCUT2D eigenvalue weighted by atomic mass is 16.6. The lowest BCUT2D eigenvalue weighted by molar-refractivity contribution is -0.165. The lowest BCUT2D eigenvalue weighted by Gasteiger charge is -2.22. The first-order chi connectivity index (χ1) is 15.8. The van der Waals surface area contributed by atoms with Crippen LogP contribution in [-0.2, 0) is 33.4 Å². The van der Waals surface area contributed by atoms with Crippen molar-refractivity contribution in [2.75, 3.05) is 13.2 Å². The lowest BCUT2D eigenvalue weighted by Crippen LogP contribution is -2.32. The van der Waals surface area contributed by atoms with E-state index in [9.17, 15) is 24.3 Å². The van der Waals surface area contributed by atoms with Crippen molar-refractivity contribution >= 4 is 23.9 Å². The van der Waals surface area contributed by atoms with Gasteiger partial charge in [0.2, 0.25) is 0 Å².